The molecule has 1 unspecified atom stereocenters. The zero-order valence-corrected chi connectivity index (χ0v) is 14.8. The smallest absolute Gasteiger partial charge is 0.133 e. The molecule has 0 aliphatic heterocycles. The summed E-state index contributed by atoms with van der Waals surface area (Å²) in [5.41, 5.74) is 2.87. The fourth-order valence-electron chi connectivity index (χ4n) is 3.43. The number of carbonyl (C=O) groups excluding carboxylic acids is 1. The lowest BCUT2D eigenvalue weighted by molar-refractivity contribution is -0.120. The normalized spacial score (nSPS) is 24.8. The number of carbonyl (C=O) groups is 1. The van der Waals surface area contributed by atoms with E-state index in [-0.39, 0.29) is 1.43 Å². The summed E-state index contributed by atoms with van der Waals surface area (Å²) < 4.78 is 0. The number of rotatable bonds is 5. The van der Waals surface area contributed by atoms with E-state index in [9.17, 15) is 4.79 Å². The van der Waals surface area contributed by atoms with Crippen LogP contribution in [0.15, 0.2) is 35.9 Å². The molecule has 2 aliphatic rings. The molecule has 2 heteroatoms. The van der Waals surface area contributed by atoms with Crippen LogP contribution in [-0.4, -0.2) is 17.9 Å². The van der Waals surface area contributed by atoms with Gasteiger partial charge in [0.05, 0.1) is 0 Å². The molecule has 0 bridgehead atoms. The molecule has 0 spiro atoms. The molecule has 23 heavy (non-hydrogen) atoms. The largest absolute Gasteiger partial charge is 0.311 e. The van der Waals surface area contributed by atoms with Gasteiger partial charge in [-0.2, -0.15) is 0 Å². The summed E-state index contributed by atoms with van der Waals surface area (Å²) in [6, 6.07) is 11.8. The zero-order valence-electron chi connectivity index (χ0n) is 14.8. The van der Waals surface area contributed by atoms with Gasteiger partial charge in [0.1, 0.15) is 5.78 Å². The van der Waals surface area contributed by atoms with E-state index in [1.807, 2.05) is 13.8 Å². The number of Topliss-reactive ketones (excluding diaryl/α,β-unsaturated/α-hetero) is 1. The minimum atomic E-state index is 0. The van der Waals surface area contributed by atoms with Gasteiger partial charge in [-0.3, -0.25) is 4.79 Å². The van der Waals surface area contributed by atoms with Crippen LogP contribution in [0.25, 0.3) is 6.08 Å². The van der Waals surface area contributed by atoms with E-state index in [2.05, 4.69) is 48.6 Å². The first-order chi connectivity index (χ1) is 11.3. The van der Waals surface area contributed by atoms with Crippen LogP contribution < -0.4 is 5.32 Å². The lowest BCUT2D eigenvalue weighted by atomic mass is 9.94. The monoisotopic (exact) mass is 315 g/mol. The van der Waals surface area contributed by atoms with E-state index in [0.717, 1.165) is 32.1 Å². The van der Waals surface area contributed by atoms with Gasteiger partial charge >= 0.3 is 0 Å². The highest BCUT2D eigenvalue weighted by molar-refractivity contribution is 5.79. The Bertz CT molecular complexity index is 516. The van der Waals surface area contributed by atoms with Crippen LogP contribution in [0.1, 0.15) is 66.3 Å². The van der Waals surface area contributed by atoms with Gasteiger partial charge in [-0.15, -0.1) is 0 Å². The molecule has 2 saturated carbocycles. The van der Waals surface area contributed by atoms with Gasteiger partial charge in [-0.1, -0.05) is 62.8 Å². The molecule has 3 rings (SSSR count). The van der Waals surface area contributed by atoms with E-state index >= 15 is 0 Å². The molecule has 0 aromatic heterocycles. The maximum atomic E-state index is 11.3. The summed E-state index contributed by atoms with van der Waals surface area (Å²) in [6.07, 6.45) is 8.36. The number of ketones is 1. The van der Waals surface area contributed by atoms with E-state index in [0.29, 0.717) is 23.8 Å². The molecular weight excluding hydrogens is 282 g/mol. The van der Waals surface area contributed by atoms with Crippen molar-refractivity contribution in [2.75, 3.05) is 0 Å². The fraction of sp³-hybridized carbons (Fsp3) is 0.571. The second kappa shape index (κ2) is 9.02. The van der Waals surface area contributed by atoms with Gasteiger partial charge in [0.15, 0.2) is 0 Å². The van der Waals surface area contributed by atoms with E-state index in [1.165, 1.54) is 12.0 Å². The highest BCUT2D eigenvalue weighted by Gasteiger charge is 2.40. The quantitative estimate of drug-likeness (QED) is 0.805. The van der Waals surface area contributed by atoms with E-state index < -0.39 is 0 Å². The fourth-order valence-corrected chi connectivity index (χ4v) is 3.43. The Morgan fingerprint density at radius 1 is 1.22 bits per heavy atom. The first-order valence-corrected chi connectivity index (χ1v) is 9.29. The average Bonchev–Trinajstić information content (AvgIpc) is 3.36. The van der Waals surface area contributed by atoms with Crippen molar-refractivity contribution in [2.45, 2.75) is 71.4 Å². The summed E-state index contributed by atoms with van der Waals surface area (Å²) in [5.74, 6) is 1.14. The van der Waals surface area contributed by atoms with Gasteiger partial charge in [-0.25, -0.2) is 0 Å². The summed E-state index contributed by atoms with van der Waals surface area (Å²) in [5, 5.41) is 3.77. The Labute approximate surface area is 142 Å². The molecule has 1 aromatic rings. The van der Waals surface area contributed by atoms with Crippen molar-refractivity contribution < 1.29 is 6.22 Å². The van der Waals surface area contributed by atoms with E-state index in [1.54, 1.807) is 5.57 Å². The Hall–Kier alpha value is -1.41. The second-order valence-corrected chi connectivity index (χ2v) is 6.41. The summed E-state index contributed by atoms with van der Waals surface area (Å²) >= 11 is 0. The SMILES string of the molecule is CC.CC/C(=C\c1ccccc1)[C@@H]1CC1NC1CCC(=O)CC1.[HH]. The van der Waals surface area contributed by atoms with Crippen LogP contribution in [-0.2, 0) is 4.79 Å². The molecule has 128 valence electrons. The summed E-state index contributed by atoms with van der Waals surface area (Å²) in [4.78, 5) is 11.3. The number of benzene rings is 1. The molecular formula is C21H33NO. The minimum absolute atomic E-state index is 0. The summed E-state index contributed by atoms with van der Waals surface area (Å²) in [6.45, 7) is 6.25. The Morgan fingerprint density at radius 2 is 1.87 bits per heavy atom. The van der Waals surface area contributed by atoms with Crippen LogP contribution in [0.4, 0.5) is 0 Å². The zero-order chi connectivity index (χ0) is 16.7. The van der Waals surface area contributed by atoms with Gasteiger partial charge < -0.3 is 5.32 Å². The van der Waals surface area contributed by atoms with Crippen molar-refractivity contribution >= 4 is 11.9 Å². The maximum Gasteiger partial charge on any atom is 0.133 e. The topological polar surface area (TPSA) is 29.1 Å². The minimum Gasteiger partial charge on any atom is -0.311 e. The molecule has 2 fully saturated rings. The highest BCUT2D eigenvalue weighted by Crippen LogP contribution is 2.40. The van der Waals surface area contributed by atoms with Crippen molar-refractivity contribution in [3.05, 3.63) is 41.5 Å². The van der Waals surface area contributed by atoms with Crippen LogP contribution in [0.5, 0.6) is 0 Å². The van der Waals surface area contributed by atoms with Crippen LogP contribution in [0, 0.1) is 5.92 Å². The first kappa shape index (κ1) is 17.9. The van der Waals surface area contributed by atoms with Gasteiger partial charge in [0.25, 0.3) is 0 Å². The Balaban J connectivity index is 0.000000925. The standard InChI is InChI=1S/C19H25NO.C2H6.H2/c1-2-15(12-14-6-4-3-5-7-14)18-13-19(18)20-16-8-10-17(21)11-9-16;1-2;/h3-7,12,16,18-20H,2,8-11,13H2,1H3;1-2H3;1H/b15-12+;;/t18-,19?;;/m0../s1. The van der Waals surface area contributed by atoms with Crippen LogP contribution >= 0.6 is 0 Å². The van der Waals surface area contributed by atoms with Crippen molar-refractivity contribution in [3.63, 3.8) is 0 Å². The highest BCUT2D eigenvalue weighted by atomic mass is 16.1. The molecule has 0 heterocycles. The molecule has 2 nitrogen and oxygen atoms in total. The van der Waals surface area contributed by atoms with Crippen LogP contribution in [0.2, 0.25) is 0 Å². The predicted octanol–water partition coefficient (Wildman–Crippen LogP) is 5.24. The first-order valence-electron chi connectivity index (χ1n) is 9.29. The van der Waals surface area contributed by atoms with Crippen molar-refractivity contribution in [3.8, 4) is 0 Å². The molecule has 1 aromatic carbocycles. The molecule has 2 aliphatic carbocycles. The molecule has 2 atom stereocenters. The van der Waals surface area contributed by atoms with Gasteiger partial charge in [0.2, 0.25) is 0 Å². The number of hydrogen-bond donors (Lipinski definition) is 1. The lowest BCUT2D eigenvalue weighted by Gasteiger charge is -2.22. The Morgan fingerprint density at radius 3 is 2.48 bits per heavy atom. The van der Waals surface area contributed by atoms with Gasteiger partial charge in [0, 0.05) is 26.4 Å². The van der Waals surface area contributed by atoms with Gasteiger partial charge in [-0.05, 0) is 37.2 Å². The van der Waals surface area contributed by atoms with Crippen molar-refractivity contribution in [1.82, 2.24) is 5.32 Å². The Kier molecular flexibility index (Phi) is 7.04. The molecule has 1 N–H and O–H groups in total. The third-order valence-electron chi connectivity index (χ3n) is 4.82. The lowest BCUT2D eigenvalue weighted by Crippen LogP contribution is -2.35. The van der Waals surface area contributed by atoms with E-state index in [4.69, 9.17) is 0 Å². The molecule has 0 amide bonds. The molecule has 0 saturated heterocycles. The van der Waals surface area contributed by atoms with Crippen molar-refractivity contribution in [2.24, 2.45) is 5.92 Å². The van der Waals surface area contributed by atoms with Crippen molar-refractivity contribution in [1.29, 1.82) is 0 Å². The number of nitrogens with one attached hydrogen (secondary N) is 1. The maximum absolute atomic E-state index is 11.3. The summed E-state index contributed by atoms with van der Waals surface area (Å²) in [7, 11) is 0. The van der Waals surface area contributed by atoms with Crippen LogP contribution in [0.3, 0.4) is 0 Å². The average molecular weight is 316 g/mol. The second-order valence-electron chi connectivity index (χ2n) is 6.41. The third kappa shape index (κ3) is 5.31. The number of hydrogen-bond acceptors (Lipinski definition) is 2. The third-order valence-corrected chi connectivity index (χ3v) is 4.82. The predicted molar refractivity (Wildman–Crippen MR) is 100 cm³/mol. The molecule has 0 radical (unpaired) electrons.